The Morgan fingerprint density at radius 3 is 1.91 bits per heavy atom. The predicted molar refractivity (Wildman–Crippen MR) is 95.9 cm³/mol. The summed E-state index contributed by atoms with van der Waals surface area (Å²) in [6.07, 6.45) is 4.66. The minimum atomic E-state index is 0.899. The van der Waals surface area contributed by atoms with Crippen molar-refractivity contribution in [1.29, 1.82) is 0 Å². The predicted octanol–water partition coefficient (Wildman–Crippen LogP) is 3.74. The lowest BCUT2D eigenvalue weighted by atomic mass is 10.0. The Morgan fingerprint density at radius 2 is 1.26 bits per heavy atom. The Morgan fingerprint density at radius 1 is 0.696 bits per heavy atom. The molecule has 2 aromatic rings. The fourth-order valence-corrected chi connectivity index (χ4v) is 3.14. The zero-order valence-electron chi connectivity index (χ0n) is 13.9. The van der Waals surface area contributed by atoms with Crippen molar-refractivity contribution in [3.8, 4) is 0 Å². The third-order valence-corrected chi connectivity index (χ3v) is 4.61. The molecule has 0 N–H and O–H groups in total. The summed E-state index contributed by atoms with van der Waals surface area (Å²) in [5, 5.41) is 0. The summed E-state index contributed by atoms with van der Waals surface area (Å²) in [7, 11) is 0. The summed E-state index contributed by atoms with van der Waals surface area (Å²) in [4.78, 5) is 2.51. The zero-order chi connectivity index (χ0) is 15.7. The third kappa shape index (κ3) is 5.49. The monoisotopic (exact) mass is 309 g/mol. The minimum absolute atomic E-state index is 0.899. The van der Waals surface area contributed by atoms with E-state index in [0.29, 0.717) is 0 Å². The molecule has 122 valence electrons. The topological polar surface area (TPSA) is 12.5 Å². The van der Waals surface area contributed by atoms with E-state index < -0.39 is 0 Å². The number of hydrogen-bond acceptors (Lipinski definition) is 2. The Balaban J connectivity index is 1.40. The number of ether oxygens (including phenoxy) is 1. The van der Waals surface area contributed by atoms with Crippen LogP contribution < -0.4 is 0 Å². The Labute approximate surface area is 140 Å². The van der Waals surface area contributed by atoms with E-state index in [9.17, 15) is 0 Å². The van der Waals surface area contributed by atoms with E-state index in [1.165, 1.54) is 36.1 Å². The molecule has 0 atom stereocenters. The first-order valence-electron chi connectivity index (χ1n) is 8.82. The van der Waals surface area contributed by atoms with Crippen LogP contribution in [0.5, 0.6) is 0 Å². The molecule has 1 saturated heterocycles. The van der Waals surface area contributed by atoms with E-state index in [1.54, 1.807) is 0 Å². The van der Waals surface area contributed by atoms with Gasteiger partial charge in [0.1, 0.15) is 0 Å². The summed E-state index contributed by atoms with van der Waals surface area (Å²) >= 11 is 0. The van der Waals surface area contributed by atoms with E-state index in [0.717, 1.165) is 39.1 Å². The number of benzene rings is 2. The van der Waals surface area contributed by atoms with Gasteiger partial charge >= 0.3 is 0 Å². The second-order valence-corrected chi connectivity index (χ2v) is 6.36. The molecule has 1 fully saturated rings. The molecule has 2 heteroatoms. The summed E-state index contributed by atoms with van der Waals surface area (Å²) in [6, 6.07) is 19.9. The highest BCUT2D eigenvalue weighted by atomic mass is 16.5. The zero-order valence-corrected chi connectivity index (χ0v) is 13.9. The van der Waals surface area contributed by atoms with Crippen LogP contribution in [0.1, 0.15) is 23.1 Å². The molecule has 2 nitrogen and oxygen atoms in total. The first-order valence-corrected chi connectivity index (χ1v) is 8.82. The van der Waals surface area contributed by atoms with Crippen LogP contribution in [-0.4, -0.2) is 37.7 Å². The van der Waals surface area contributed by atoms with Crippen molar-refractivity contribution in [2.24, 2.45) is 0 Å². The van der Waals surface area contributed by atoms with Gasteiger partial charge in [-0.3, -0.25) is 4.90 Å². The van der Waals surface area contributed by atoms with E-state index >= 15 is 0 Å². The Kier molecular flexibility index (Phi) is 6.25. The van der Waals surface area contributed by atoms with Crippen LogP contribution in [0.25, 0.3) is 0 Å². The molecule has 0 bridgehead atoms. The number of nitrogens with zero attached hydrogens (tertiary/aromatic N) is 1. The minimum Gasteiger partial charge on any atom is -0.379 e. The average Bonchev–Trinajstić information content (AvgIpc) is 2.63. The van der Waals surface area contributed by atoms with Crippen molar-refractivity contribution < 1.29 is 4.74 Å². The van der Waals surface area contributed by atoms with Crippen LogP contribution in [0.3, 0.4) is 0 Å². The lowest BCUT2D eigenvalue weighted by molar-refractivity contribution is 0.0375. The Bertz CT molecular complexity index is 558. The number of rotatable bonds is 7. The van der Waals surface area contributed by atoms with E-state index in [-0.39, 0.29) is 0 Å². The van der Waals surface area contributed by atoms with Gasteiger partial charge in [0.25, 0.3) is 0 Å². The lowest BCUT2D eigenvalue weighted by Crippen LogP contribution is -2.36. The second-order valence-electron chi connectivity index (χ2n) is 6.36. The van der Waals surface area contributed by atoms with Crippen molar-refractivity contribution in [3.63, 3.8) is 0 Å². The fraction of sp³-hybridized carbons (Fsp3) is 0.429. The average molecular weight is 309 g/mol. The molecule has 0 saturated carbocycles. The van der Waals surface area contributed by atoms with Crippen molar-refractivity contribution in [2.75, 3.05) is 32.8 Å². The second kappa shape index (κ2) is 8.85. The van der Waals surface area contributed by atoms with Crippen molar-refractivity contribution in [2.45, 2.75) is 25.7 Å². The van der Waals surface area contributed by atoms with Crippen LogP contribution in [-0.2, 0) is 24.0 Å². The largest absolute Gasteiger partial charge is 0.379 e. The number of hydrogen-bond donors (Lipinski definition) is 0. The van der Waals surface area contributed by atoms with Crippen LogP contribution >= 0.6 is 0 Å². The normalized spacial score (nSPS) is 15.7. The van der Waals surface area contributed by atoms with E-state index in [4.69, 9.17) is 4.74 Å². The van der Waals surface area contributed by atoms with Gasteiger partial charge in [0.2, 0.25) is 0 Å². The number of aryl methyl sites for hydroxylation is 3. The molecule has 0 aliphatic carbocycles. The molecular formula is C21H27NO. The molecule has 1 aliphatic heterocycles. The quantitative estimate of drug-likeness (QED) is 0.772. The molecular weight excluding hydrogens is 282 g/mol. The molecule has 0 unspecified atom stereocenters. The van der Waals surface area contributed by atoms with Gasteiger partial charge in [0.15, 0.2) is 0 Å². The lowest BCUT2D eigenvalue weighted by Gasteiger charge is -2.26. The van der Waals surface area contributed by atoms with E-state index in [2.05, 4.69) is 59.5 Å². The van der Waals surface area contributed by atoms with Gasteiger partial charge in [0.05, 0.1) is 13.2 Å². The first-order chi connectivity index (χ1) is 11.4. The van der Waals surface area contributed by atoms with Gasteiger partial charge in [-0.25, -0.2) is 0 Å². The first kappa shape index (κ1) is 16.2. The highest BCUT2D eigenvalue weighted by molar-refractivity contribution is 5.24. The van der Waals surface area contributed by atoms with Crippen molar-refractivity contribution in [1.82, 2.24) is 4.90 Å². The molecule has 0 radical (unpaired) electrons. The maximum absolute atomic E-state index is 5.39. The van der Waals surface area contributed by atoms with Crippen LogP contribution in [0.4, 0.5) is 0 Å². The maximum Gasteiger partial charge on any atom is 0.0594 e. The van der Waals surface area contributed by atoms with Gasteiger partial charge in [-0.05, 0) is 48.9 Å². The molecule has 0 spiro atoms. The molecule has 1 aliphatic rings. The van der Waals surface area contributed by atoms with Gasteiger partial charge in [-0.15, -0.1) is 0 Å². The molecule has 3 rings (SSSR count). The van der Waals surface area contributed by atoms with Crippen LogP contribution in [0.2, 0.25) is 0 Å². The SMILES string of the molecule is c1ccc(CCc2ccc(CCCN3CCOCC3)cc2)cc1. The van der Waals surface area contributed by atoms with Gasteiger partial charge < -0.3 is 4.74 Å². The summed E-state index contributed by atoms with van der Waals surface area (Å²) in [5.74, 6) is 0. The van der Waals surface area contributed by atoms with Crippen molar-refractivity contribution in [3.05, 3.63) is 71.3 Å². The Hall–Kier alpha value is -1.64. The van der Waals surface area contributed by atoms with Gasteiger partial charge in [0, 0.05) is 13.1 Å². The maximum atomic E-state index is 5.39. The molecule has 2 aromatic carbocycles. The standard InChI is InChI=1S/C21H27NO/c1-2-5-19(6-3-1)8-11-21-12-9-20(10-13-21)7-4-14-22-15-17-23-18-16-22/h1-3,5-6,9-10,12-13H,4,7-8,11,14-18H2. The highest BCUT2D eigenvalue weighted by Crippen LogP contribution is 2.11. The molecule has 1 heterocycles. The fourth-order valence-electron chi connectivity index (χ4n) is 3.14. The highest BCUT2D eigenvalue weighted by Gasteiger charge is 2.09. The van der Waals surface area contributed by atoms with Crippen LogP contribution in [0.15, 0.2) is 54.6 Å². The van der Waals surface area contributed by atoms with Gasteiger partial charge in [-0.1, -0.05) is 54.6 Å². The van der Waals surface area contributed by atoms with Crippen molar-refractivity contribution >= 4 is 0 Å². The van der Waals surface area contributed by atoms with Gasteiger partial charge in [-0.2, -0.15) is 0 Å². The third-order valence-electron chi connectivity index (χ3n) is 4.61. The summed E-state index contributed by atoms with van der Waals surface area (Å²) in [5.41, 5.74) is 4.31. The molecule has 0 aromatic heterocycles. The smallest absolute Gasteiger partial charge is 0.0594 e. The summed E-state index contributed by atoms with van der Waals surface area (Å²) in [6.45, 7) is 5.18. The molecule has 0 amide bonds. The molecule has 23 heavy (non-hydrogen) atoms. The van der Waals surface area contributed by atoms with Crippen LogP contribution in [0, 0.1) is 0 Å². The van der Waals surface area contributed by atoms with E-state index in [1.807, 2.05) is 0 Å². The summed E-state index contributed by atoms with van der Waals surface area (Å²) < 4.78 is 5.39. The number of morpholine rings is 1.